The lowest BCUT2D eigenvalue weighted by Gasteiger charge is -2.27. The molecule has 0 bridgehead atoms. The van der Waals surface area contributed by atoms with Gasteiger partial charge in [-0.25, -0.2) is 14.5 Å². The Labute approximate surface area is 220 Å². The van der Waals surface area contributed by atoms with Crippen LogP contribution in [-0.2, 0) is 15.8 Å². The molecule has 1 heterocycles. The molecule has 3 aromatic carbocycles. The number of benzene rings is 3. The van der Waals surface area contributed by atoms with Crippen LogP contribution in [0.3, 0.4) is 0 Å². The SMILES string of the molecule is CCOc1cc(/C=C2\C(=O)NC(=O)N(c3cccc(C(F)(F)F)c3)C2=O)ccc1OC(=O)c1cccc(C)c1. The molecule has 1 aliphatic heterocycles. The van der Waals surface area contributed by atoms with E-state index >= 15 is 0 Å². The van der Waals surface area contributed by atoms with Gasteiger partial charge in [0.05, 0.1) is 23.4 Å². The van der Waals surface area contributed by atoms with Crippen molar-refractivity contribution >= 4 is 35.6 Å². The highest BCUT2D eigenvalue weighted by Crippen LogP contribution is 2.33. The largest absolute Gasteiger partial charge is 0.490 e. The number of nitrogens with one attached hydrogen (secondary N) is 1. The summed E-state index contributed by atoms with van der Waals surface area (Å²) in [5.74, 6) is -2.53. The number of carbonyl (C=O) groups is 4. The van der Waals surface area contributed by atoms with Gasteiger partial charge in [0.25, 0.3) is 11.8 Å². The minimum atomic E-state index is -4.71. The predicted octanol–water partition coefficient (Wildman–Crippen LogP) is 5.30. The molecule has 11 heteroatoms. The number of carbonyl (C=O) groups excluding carboxylic acids is 4. The van der Waals surface area contributed by atoms with Gasteiger partial charge >= 0.3 is 18.2 Å². The molecule has 0 spiro atoms. The molecular formula is C28H21F3N2O6. The number of urea groups is 1. The van der Waals surface area contributed by atoms with Gasteiger partial charge in [0.2, 0.25) is 0 Å². The van der Waals surface area contributed by atoms with Crippen molar-refractivity contribution in [1.29, 1.82) is 0 Å². The third-order valence-electron chi connectivity index (χ3n) is 5.57. The fourth-order valence-electron chi connectivity index (χ4n) is 3.78. The van der Waals surface area contributed by atoms with E-state index in [1.165, 1.54) is 18.2 Å². The Hall–Kier alpha value is -4.93. The average molecular weight is 538 g/mol. The zero-order valence-electron chi connectivity index (χ0n) is 20.7. The first-order valence-electron chi connectivity index (χ1n) is 11.6. The molecule has 1 fully saturated rings. The minimum Gasteiger partial charge on any atom is -0.490 e. The van der Waals surface area contributed by atoms with E-state index in [1.54, 1.807) is 25.1 Å². The lowest BCUT2D eigenvalue weighted by Crippen LogP contribution is -2.54. The summed E-state index contributed by atoms with van der Waals surface area (Å²) < 4.78 is 50.6. The van der Waals surface area contributed by atoms with E-state index in [9.17, 15) is 32.3 Å². The summed E-state index contributed by atoms with van der Waals surface area (Å²) in [4.78, 5) is 51.1. The number of halogens is 3. The molecule has 1 aliphatic rings. The second-order valence-electron chi connectivity index (χ2n) is 8.40. The zero-order chi connectivity index (χ0) is 28.3. The van der Waals surface area contributed by atoms with E-state index in [0.29, 0.717) is 16.5 Å². The van der Waals surface area contributed by atoms with Gasteiger partial charge in [0.1, 0.15) is 5.57 Å². The first-order chi connectivity index (χ1) is 18.5. The van der Waals surface area contributed by atoms with Crippen LogP contribution >= 0.6 is 0 Å². The maximum atomic E-state index is 13.2. The van der Waals surface area contributed by atoms with Gasteiger partial charge in [-0.2, -0.15) is 13.2 Å². The summed E-state index contributed by atoms with van der Waals surface area (Å²) in [6.45, 7) is 3.73. The van der Waals surface area contributed by atoms with E-state index in [1.807, 2.05) is 18.3 Å². The molecule has 1 N–H and O–H groups in total. The van der Waals surface area contributed by atoms with Crippen molar-refractivity contribution in [2.45, 2.75) is 20.0 Å². The molecule has 3 aromatic rings. The molecular weight excluding hydrogens is 517 g/mol. The molecule has 4 amide bonds. The number of rotatable bonds is 6. The molecule has 200 valence electrons. The molecule has 39 heavy (non-hydrogen) atoms. The van der Waals surface area contributed by atoms with Crippen molar-refractivity contribution in [3.8, 4) is 11.5 Å². The second-order valence-corrected chi connectivity index (χ2v) is 8.40. The van der Waals surface area contributed by atoms with Crippen LogP contribution in [0.15, 0.2) is 72.3 Å². The summed E-state index contributed by atoms with van der Waals surface area (Å²) in [6.07, 6.45) is -3.56. The third-order valence-corrected chi connectivity index (χ3v) is 5.57. The fourth-order valence-corrected chi connectivity index (χ4v) is 3.78. The Kier molecular flexibility index (Phi) is 7.52. The maximum Gasteiger partial charge on any atom is 0.416 e. The number of amides is 4. The molecule has 0 aromatic heterocycles. The van der Waals surface area contributed by atoms with Gasteiger partial charge < -0.3 is 9.47 Å². The van der Waals surface area contributed by atoms with Crippen LogP contribution in [0.2, 0.25) is 0 Å². The molecule has 0 radical (unpaired) electrons. The number of esters is 1. The number of aryl methyl sites for hydroxylation is 1. The molecule has 0 unspecified atom stereocenters. The van der Waals surface area contributed by atoms with Crippen molar-refractivity contribution in [2.75, 3.05) is 11.5 Å². The number of barbiturate groups is 1. The number of hydrogen-bond donors (Lipinski definition) is 1. The Morgan fingerprint density at radius 1 is 0.974 bits per heavy atom. The quantitative estimate of drug-likeness (QED) is 0.198. The smallest absolute Gasteiger partial charge is 0.416 e. The first kappa shape index (κ1) is 27.1. The number of nitrogens with zero attached hydrogens (tertiary/aromatic N) is 1. The highest BCUT2D eigenvalue weighted by molar-refractivity contribution is 6.39. The van der Waals surface area contributed by atoms with Crippen LogP contribution in [0.5, 0.6) is 11.5 Å². The van der Waals surface area contributed by atoms with Crippen molar-refractivity contribution < 1.29 is 41.8 Å². The number of alkyl halides is 3. The third kappa shape index (κ3) is 5.98. The van der Waals surface area contributed by atoms with Crippen LogP contribution in [-0.4, -0.2) is 30.4 Å². The maximum absolute atomic E-state index is 13.2. The van der Waals surface area contributed by atoms with Gasteiger partial charge in [-0.15, -0.1) is 0 Å². The number of anilines is 1. The Bertz CT molecular complexity index is 1510. The second kappa shape index (κ2) is 10.8. The van der Waals surface area contributed by atoms with E-state index in [-0.39, 0.29) is 29.4 Å². The highest BCUT2D eigenvalue weighted by atomic mass is 19.4. The highest BCUT2D eigenvalue weighted by Gasteiger charge is 2.38. The van der Waals surface area contributed by atoms with E-state index in [2.05, 4.69) is 0 Å². The van der Waals surface area contributed by atoms with Crippen molar-refractivity contribution in [3.05, 3.63) is 94.6 Å². The number of hydrogen-bond acceptors (Lipinski definition) is 6. The van der Waals surface area contributed by atoms with E-state index in [0.717, 1.165) is 29.8 Å². The first-order valence-corrected chi connectivity index (χ1v) is 11.6. The molecule has 0 saturated carbocycles. The van der Waals surface area contributed by atoms with Crippen molar-refractivity contribution in [2.24, 2.45) is 0 Å². The topological polar surface area (TPSA) is 102 Å². The summed E-state index contributed by atoms with van der Waals surface area (Å²) in [7, 11) is 0. The summed E-state index contributed by atoms with van der Waals surface area (Å²) in [6, 6.07) is 13.5. The van der Waals surface area contributed by atoms with Crippen LogP contribution in [0.4, 0.5) is 23.7 Å². The Morgan fingerprint density at radius 2 is 1.72 bits per heavy atom. The van der Waals surface area contributed by atoms with E-state index in [4.69, 9.17) is 9.47 Å². The van der Waals surface area contributed by atoms with Crippen molar-refractivity contribution in [1.82, 2.24) is 5.32 Å². The Morgan fingerprint density at radius 3 is 2.41 bits per heavy atom. The van der Waals surface area contributed by atoms with Crippen LogP contribution in [0, 0.1) is 6.92 Å². The fraction of sp³-hybridized carbons (Fsp3) is 0.143. The summed E-state index contributed by atoms with van der Waals surface area (Å²) in [5, 5.41) is 1.96. The van der Waals surface area contributed by atoms with Gasteiger partial charge in [-0.3, -0.25) is 14.9 Å². The normalized spacial score (nSPS) is 14.8. The number of ether oxygens (including phenoxy) is 2. The van der Waals surface area contributed by atoms with Gasteiger partial charge in [-0.05, 0) is 68.0 Å². The molecule has 4 rings (SSSR count). The van der Waals surface area contributed by atoms with Crippen LogP contribution in [0.1, 0.15) is 34.0 Å². The molecule has 1 saturated heterocycles. The lowest BCUT2D eigenvalue weighted by molar-refractivity contribution is -0.137. The van der Waals surface area contributed by atoms with Crippen molar-refractivity contribution in [3.63, 3.8) is 0 Å². The molecule has 0 aliphatic carbocycles. The minimum absolute atomic E-state index is 0.0886. The van der Waals surface area contributed by atoms with Gasteiger partial charge in [0, 0.05) is 0 Å². The summed E-state index contributed by atoms with van der Waals surface area (Å²) >= 11 is 0. The molecule has 0 atom stereocenters. The predicted molar refractivity (Wildman–Crippen MR) is 134 cm³/mol. The zero-order valence-corrected chi connectivity index (χ0v) is 20.7. The number of imide groups is 2. The standard InChI is InChI=1S/C28H21F3N2O6/c1-3-38-23-14-17(10-11-22(23)39-26(36)18-7-4-6-16(2)12-18)13-21-24(34)32-27(37)33(25(21)35)20-9-5-8-19(15-20)28(29,30)31/h4-15H,3H2,1-2H3,(H,32,34,37)/b21-13+. The lowest BCUT2D eigenvalue weighted by atomic mass is 10.1. The monoisotopic (exact) mass is 538 g/mol. The Balaban J connectivity index is 1.65. The molecule has 8 nitrogen and oxygen atoms in total. The van der Waals surface area contributed by atoms with Crippen LogP contribution < -0.4 is 19.7 Å². The van der Waals surface area contributed by atoms with E-state index < -0.39 is 41.1 Å². The van der Waals surface area contributed by atoms with Gasteiger partial charge in [0.15, 0.2) is 11.5 Å². The summed E-state index contributed by atoms with van der Waals surface area (Å²) in [5.41, 5.74) is -0.471. The van der Waals surface area contributed by atoms with Gasteiger partial charge in [-0.1, -0.05) is 29.8 Å². The average Bonchev–Trinajstić information content (AvgIpc) is 2.87. The van der Waals surface area contributed by atoms with Crippen LogP contribution in [0.25, 0.3) is 6.08 Å².